The minimum atomic E-state index is -0.906. The fourth-order valence-corrected chi connectivity index (χ4v) is 4.83. The molecule has 2 aromatic rings. The maximum atomic E-state index is 13.1. The summed E-state index contributed by atoms with van der Waals surface area (Å²) < 4.78 is 0. The van der Waals surface area contributed by atoms with Crippen LogP contribution in [0.15, 0.2) is 23.0 Å². The number of rotatable bonds is 5. The predicted octanol–water partition coefficient (Wildman–Crippen LogP) is 2.43. The van der Waals surface area contributed by atoms with Crippen molar-refractivity contribution in [2.75, 3.05) is 13.1 Å². The van der Waals surface area contributed by atoms with Crippen LogP contribution in [0, 0.1) is 5.92 Å². The summed E-state index contributed by atoms with van der Waals surface area (Å²) in [6.07, 6.45) is 3.34. The number of carbonyl (C=O) groups excluding carboxylic acids is 3. The number of H-pyrrole nitrogens is 1. The number of aromatic nitrogens is 2. The van der Waals surface area contributed by atoms with E-state index in [9.17, 15) is 19.2 Å². The molecule has 2 N–H and O–H groups in total. The normalized spacial score (nSPS) is 23.1. The maximum Gasteiger partial charge on any atom is 0.325 e. The van der Waals surface area contributed by atoms with Gasteiger partial charge in [0, 0.05) is 11.6 Å². The minimum Gasteiger partial charge on any atom is -0.334 e. The van der Waals surface area contributed by atoms with Gasteiger partial charge in [0.05, 0.1) is 17.4 Å². The van der Waals surface area contributed by atoms with Gasteiger partial charge in [-0.15, -0.1) is 0 Å². The van der Waals surface area contributed by atoms with Crippen LogP contribution in [0.5, 0.6) is 0 Å². The van der Waals surface area contributed by atoms with Crippen LogP contribution in [0.4, 0.5) is 4.79 Å². The van der Waals surface area contributed by atoms with Crippen LogP contribution in [0.2, 0.25) is 5.02 Å². The molecule has 2 aliphatic rings. The van der Waals surface area contributed by atoms with Crippen molar-refractivity contribution >= 4 is 40.3 Å². The average molecular weight is 460 g/mol. The molecule has 1 aromatic heterocycles. The average Bonchev–Trinajstić information content (AvgIpc) is 2.98. The Bertz CT molecular complexity index is 1150. The summed E-state index contributed by atoms with van der Waals surface area (Å²) in [5, 5.41) is 3.71. The van der Waals surface area contributed by atoms with E-state index in [4.69, 9.17) is 11.6 Å². The van der Waals surface area contributed by atoms with Gasteiger partial charge >= 0.3 is 6.03 Å². The van der Waals surface area contributed by atoms with E-state index in [2.05, 4.69) is 15.3 Å². The van der Waals surface area contributed by atoms with Crippen molar-refractivity contribution in [2.45, 2.75) is 51.6 Å². The molecule has 4 rings (SSSR count). The topological polar surface area (TPSA) is 115 Å². The Kier molecular flexibility index (Phi) is 5.94. The molecule has 170 valence electrons. The zero-order valence-corrected chi connectivity index (χ0v) is 18.9. The summed E-state index contributed by atoms with van der Waals surface area (Å²) in [4.78, 5) is 60.6. The summed E-state index contributed by atoms with van der Waals surface area (Å²) in [7, 11) is 0. The van der Waals surface area contributed by atoms with Gasteiger partial charge in [0.25, 0.3) is 11.5 Å². The van der Waals surface area contributed by atoms with Crippen molar-refractivity contribution in [2.24, 2.45) is 5.92 Å². The number of nitrogens with one attached hydrogen (secondary N) is 2. The highest BCUT2D eigenvalue weighted by Crippen LogP contribution is 2.38. The zero-order chi connectivity index (χ0) is 23.0. The first-order valence-corrected chi connectivity index (χ1v) is 11.2. The molecule has 2 fully saturated rings. The van der Waals surface area contributed by atoms with Gasteiger partial charge < -0.3 is 15.2 Å². The molecule has 1 aliphatic heterocycles. The van der Waals surface area contributed by atoms with E-state index in [-0.39, 0.29) is 30.5 Å². The molecule has 0 bridgehead atoms. The fraction of sp³-hybridized carbons (Fsp3) is 0.500. The van der Waals surface area contributed by atoms with E-state index < -0.39 is 17.5 Å². The molecular weight excluding hydrogens is 434 g/mol. The van der Waals surface area contributed by atoms with E-state index in [1.54, 1.807) is 25.1 Å². The standard InChI is InChI=1S/C22H26ClN5O4/c1-3-27(11-17-24-16-10-14(23)7-8-15(16)19(30)25-17)18(29)12-28-20(31)22(26-21(28)32)9-5-4-6-13(22)2/h7-8,10,13H,3-6,9,11-12H2,1-2H3,(H,26,32)(H,24,25,30)/t13-,22-/m1/s1. The quantitative estimate of drug-likeness (QED) is 0.666. The lowest BCUT2D eigenvalue weighted by Crippen LogP contribution is -2.54. The molecule has 4 amide bonds. The lowest BCUT2D eigenvalue weighted by atomic mass is 9.73. The van der Waals surface area contributed by atoms with Gasteiger partial charge in [0.1, 0.15) is 17.9 Å². The third-order valence-corrected chi connectivity index (χ3v) is 6.82. The van der Waals surface area contributed by atoms with Crippen LogP contribution in [0.25, 0.3) is 10.9 Å². The van der Waals surface area contributed by atoms with E-state index in [1.807, 2.05) is 6.92 Å². The van der Waals surface area contributed by atoms with E-state index in [1.165, 1.54) is 4.90 Å². The highest BCUT2D eigenvalue weighted by atomic mass is 35.5. The van der Waals surface area contributed by atoms with Crippen molar-refractivity contribution in [1.29, 1.82) is 0 Å². The van der Waals surface area contributed by atoms with E-state index in [0.29, 0.717) is 34.7 Å². The van der Waals surface area contributed by atoms with Gasteiger partial charge in [0.2, 0.25) is 5.91 Å². The Morgan fingerprint density at radius 1 is 1.31 bits per heavy atom. The van der Waals surface area contributed by atoms with Crippen LogP contribution in [-0.4, -0.2) is 56.2 Å². The van der Waals surface area contributed by atoms with Crippen LogP contribution in [0.3, 0.4) is 0 Å². The number of likely N-dealkylation sites (N-methyl/N-ethyl adjacent to an activating group) is 1. The number of fused-ring (bicyclic) bond motifs is 1. The minimum absolute atomic E-state index is 0.0220. The second kappa shape index (κ2) is 8.54. The van der Waals surface area contributed by atoms with Crippen molar-refractivity contribution in [3.63, 3.8) is 0 Å². The van der Waals surface area contributed by atoms with Crippen LogP contribution >= 0.6 is 11.6 Å². The molecular formula is C22H26ClN5O4. The number of urea groups is 1. The first-order valence-electron chi connectivity index (χ1n) is 10.9. The maximum absolute atomic E-state index is 13.1. The fourth-order valence-electron chi connectivity index (χ4n) is 4.67. The summed E-state index contributed by atoms with van der Waals surface area (Å²) >= 11 is 6.01. The molecule has 1 aliphatic carbocycles. The largest absolute Gasteiger partial charge is 0.334 e. The Balaban J connectivity index is 1.51. The monoisotopic (exact) mass is 459 g/mol. The highest BCUT2D eigenvalue weighted by Gasteiger charge is 2.55. The van der Waals surface area contributed by atoms with Gasteiger partial charge in [0.15, 0.2) is 0 Å². The van der Waals surface area contributed by atoms with Gasteiger partial charge in [-0.3, -0.25) is 19.3 Å². The van der Waals surface area contributed by atoms with Crippen LogP contribution in [0.1, 0.15) is 45.4 Å². The van der Waals surface area contributed by atoms with Crippen molar-refractivity contribution < 1.29 is 14.4 Å². The predicted molar refractivity (Wildman–Crippen MR) is 119 cm³/mol. The van der Waals surface area contributed by atoms with Crippen molar-refractivity contribution in [3.8, 4) is 0 Å². The molecule has 2 heterocycles. The molecule has 1 aromatic carbocycles. The molecule has 1 saturated heterocycles. The van der Waals surface area contributed by atoms with Crippen LogP contribution in [-0.2, 0) is 16.1 Å². The molecule has 0 unspecified atom stereocenters. The number of amides is 4. The Labute approximate surface area is 190 Å². The third kappa shape index (κ3) is 3.85. The lowest BCUT2D eigenvalue weighted by molar-refractivity contribution is -0.140. The van der Waals surface area contributed by atoms with Crippen molar-refractivity contribution in [3.05, 3.63) is 39.4 Å². The number of aromatic amines is 1. The first kappa shape index (κ1) is 22.3. The van der Waals surface area contributed by atoms with Crippen LogP contribution < -0.4 is 10.9 Å². The zero-order valence-electron chi connectivity index (χ0n) is 18.1. The van der Waals surface area contributed by atoms with Gasteiger partial charge in [-0.2, -0.15) is 0 Å². The van der Waals surface area contributed by atoms with E-state index >= 15 is 0 Å². The molecule has 1 saturated carbocycles. The number of hydrogen-bond donors (Lipinski definition) is 2. The van der Waals surface area contributed by atoms with Gasteiger partial charge in [-0.25, -0.2) is 9.78 Å². The molecule has 2 atom stereocenters. The second-order valence-electron chi connectivity index (χ2n) is 8.52. The summed E-state index contributed by atoms with van der Waals surface area (Å²) in [6, 6.07) is 4.27. The van der Waals surface area contributed by atoms with Gasteiger partial charge in [-0.1, -0.05) is 31.4 Å². The Hall–Kier alpha value is -2.94. The molecule has 1 spiro atoms. The highest BCUT2D eigenvalue weighted by molar-refractivity contribution is 6.31. The number of halogens is 1. The molecule has 32 heavy (non-hydrogen) atoms. The molecule has 9 nitrogen and oxygen atoms in total. The Morgan fingerprint density at radius 3 is 2.81 bits per heavy atom. The van der Waals surface area contributed by atoms with Crippen molar-refractivity contribution in [1.82, 2.24) is 25.1 Å². The molecule has 10 heteroatoms. The Morgan fingerprint density at radius 2 is 2.09 bits per heavy atom. The SMILES string of the molecule is CCN(Cc1nc2cc(Cl)ccc2c(=O)[nH]1)C(=O)CN1C(=O)N[C@@]2(CCCC[C@H]2C)C1=O. The van der Waals surface area contributed by atoms with Gasteiger partial charge in [-0.05, 0) is 43.9 Å². The number of carbonyl (C=O) groups is 3. The number of nitrogens with zero attached hydrogens (tertiary/aromatic N) is 3. The van der Waals surface area contributed by atoms with E-state index in [0.717, 1.165) is 24.2 Å². The lowest BCUT2D eigenvalue weighted by Gasteiger charge is -2.36. The molecule has 0 radical (unpaired) electrons. The number of imide groups is 1. The smallest absolute Gasteiger partial charge is 0.325 e. The first-order chi connectivity index (χ1) is 15.2. The third-order valence-electron chi connectivity index (χ3n) is 6.59. The number of hydrogen-bond acceptors (Lipinski definition) is 5. The second-order valence-corrected chi connectivity index (χ2v) is 8.96. The number of benzene rings is 1. The summed E-state index contributed by atoms with van der Waals surface area (Å²) in [5.41, 5.74) is -0.800. The summed E-state index contributed by atoms with van der Waals surface area (Å²) in [6.45, 7) is 3.76. The summed E-state index contributed by atoms with van der Waals surface area (Å²) in [5.74, 6) is -0.403.